The third-order valence-electron chi connectivity index (χ3n) is 3.63. The largest absolute Gasteiger partial charge is 0.496 e. The van der Waals surface area contributed by atoms with Crippen LogP contribution in [0.3, 0.4) is 0 Å². The summed E-state index contributed by atoms with van der Waals surface area (Å²) in [6.07, 6.45) is 2.91. The van der Waals surface area contributed by atoms with Crippen LogP contribution in [0.5, 0.6) is 5.75 Å². The van der Waals surface area contributed by atoms with Gasteiger partial charge in [0.1, 0.15) is 23.8 Å². The molecule has 0 radical (unpaired) electrons. The second-order valence-corrected chi connectivity index (χ2v) is 5.44. The molecule has 12 nitrogen and oxygen atoms in total. The van der Waals surface area contributed by atoms with Gasteiger partial charge in [-0.25, -0.2) is 4.68 Å². The van der Waals surface area contributed by atoms with Crippen LogP contribution >= 0.6 is 0 Å². The van der Waals surface area contributed by atoms with Crippen LogP contribution in [0.1, 0.15) is 5.76 Å². The van der Waals surface area contributed by atoms with Crippen molar-refractivity contribution in [3.8, 4) is 17.1 Å². The van der Waals surface area contributed by atoms with E-state index in [0.717, 1.165) is 4.68 Å². The average Bonchev–Trinajstić information content (AvgIpc) is 3.30. The third-order valence-corrected chi connectivity index (χ3v) is 3.63. The highest BCUT2D eigenvalue weighted by Gasteiger charge is 2.15. The van der Waals surface area contributed by atoms with Crippen molar-refractivity contribution < 1.29 is 18.9 Å². The van der Waals surface area contributed by atoms with E-state index in [1.165, 1.54) is 37.6 Å². The van der Waals surface area contributed by atoms with Gasteiger partial charge in [-0.1, -0.05) is 5.10 Å². The first kappa shape index (κ1) is 18.6. The topological polar surface area (TPSA) is 164 Å². The molecule has 28 heavy (non-hydrogen) atoms. The summed E-state index contributed by atoms with van der Waals surface area (Å²) in [5.74, 6) is 0.879. The van der Waals surface area contributed by atoms with Gasteiger partial charge in [-0.3, -0.25) is 14.9 Å². The number of furan rings is 1. The summed E-state index contributed by atoms with van der Waals surface area (Å²) >= 11 is 0. The molecule has 0 fully saturated rings. The van der Waals surface area contributed by atoms with Crippen molar-refractivity contribution in [3.05, 3.63) is 52.4 Å². The van der Waals surface area contributed by atoms with Gasteiger partial charge in [-0.05, 0) is 34.7 Å². The number of non-ortho nitro benzene ring substituents is 1. The van der Waals surface area contributed by atoms with E-state index >= 15 is 0 Å². The van der Waals surface area contributed by atoms with E-state index in [9.17, 15) is 14.9 Å². The number of aromatic nitrogens is 4. The van der Waals surface area contributed by atoms with Gasteiger partial charge >= 0.3 is 0 Å². The number of anilines is 1. The summed E-state index contributed by atoms with van der Waals surface area (Å²) in [5, 5.41) is 23.9. The number of nitrogens with one attached hydrogen (secondary N) is 1. The van der Waals surface area contributed by atoms with E-state index in [-0.39, 0.29) is 24.1 Å². The van der Waals surface area contributed by atoms with Gasteiger partial charge in [0.2, 0.25) is 11.9 Å². The smallest absolute Gasteiger partial charge is 0.270 e. The molecule has 3 N–H and O–H groups in total. The van der Waals surface area contributed by atoms with Gasteiger partial charge in [0.15, 0.2) is 0 Å². The minimum atomic E-state index is -0.500. The Morgan fingerprint density at radius 3 is 2.93 bits per heavy atom. The number of nitro benzene ring substituents is 1. The molecule has 0 aliphatic heterocycles. The Morgan fingerprint density at radius 1 is 1.43 bits per heavy atom. The molecule has 0 bridgehead atoms. The average molecular weight is 385 g/mol. The summed E-state index contributed by atoms with van der Waals surface area (Å²) < 4.78 is 12.0. The number of benzene rings is 1. The number of nitrogens with zero attached hydrogens (tertiary/aromatic N) is 5. The Hall–Kier alpha value is -4.22. The molecule has 0 aliphatic rings. The fourth-order valence-corrected chi connectivity index (χ4v) is 2.31. The molecule has 0 saturated carbocycles. The van der Waals surface area contributed by atoms with Crippen LogP contribution in [0.2, 0.25) is 0 Å². The molecule has 3 aromatic rings. The Morgan fingerprint density at radius 2 is 2.25 bits per heavy atom. The lowest BCUT2D eigenvalue weighted by Crippen LogP contribution is -2.24. The molecule has 1 amide bonds. The lowest BCUT2D eigenvalue weighted by atomic mass is 10.1. The maximum atomic E-state index is 11.8. The van der Waals surface area contributed by atoms with E-state index < -0.39 is 4.92 Å². The lowest BCUT2D eigenvalue weighted by Gasteiger charge is -2.05. The Balaban J connectivity index is 1.69. The number of amides is 1. The van der Waals surface area contributed by atoms with E-state index in [4.69, 9.17) is 14.9 Å². The summed E-state index contributed by atoms with van der Waals surface area (Å²) in [6, 6.07) is 7.50. The number of rotatable bonds is 7. The van der Waals surface area contributed by atoms with Crippen LogP contribution in [0, 0.1) is 10.1 Å². The number of hydrogen-bond acceptors (Lipinski definition) is 9. The van der Waals surface area contributed by atoms with Crippen molar-refractivity contribution in [3.63, 3.8) is 0 Å². The monoisotopic (exact) mass is 385 g/mol. The Labute approximate surface area is 157 Å². The van der Waals surface area contributed by atoms with Crippen molar-refractivity contribution >= 4 is 23.6 Å². The first-order valence-electron chi connectivity index (χ1n) is 7.88. The van der Waals surface area contributed by atoms with Gasteiger partial charge in [-0.15, -0.1) is 0 Å². The lowest BCUT2D eigenvalue weighted by molar-refractivity contribution is -0.384. The number of carbonyl (C=O) groups excluding carboxylic acids is 1. The number of nitro groups is 1. The normalized spacial score (nSPS) is 10.9. The molecule has 3 rings (SSSR count). The highest BCUT2D eigenvalue weighted by Crippen LogP contribution is 2.34. The second kappa shape index (κ2) is 7.99. The third kappa shape index (κ3) is 4.12. The number of nitrogens with two attached hydrogens (primary N) is 1. The number of hydrogen-bond donors (Lipinski definition) is 2. The van der Waals surface area contributed by atoms with E-state index in [2.05, 4.69) is 20.8 Å². The summed E-state index contributed by atoms with van der Waals surface area (Å²) in [4.78, 5) is 22.3. The van der Waals surface area contributed by atoms with Crippen molar-refractivity contribution in [2.75, 3.05) is 12.8 Å². The van der Waals surface area contributed by atoms with Crippen molar-refractivity contribution in [2.45, 2.75) is 6.54 Å². The molecule has 0 spiro atoms. The number of ether oxygens (including phenoxy) is 1. The number of carbonyl (C=O) groups is 1. The Bertz CT molecular complexity index is 1040. The predicted molar refractivity (Wildman–Crippen MR) is 96.8 cm³/mol. The first-order chi connectivity index (χ1) is 13.5. The first-order valence-corrected chi connectivity index (χ1v) is 7.88. The fourth-order valence-electron chi connectivity index (χ4n) is 2.31. The Kier molecular flexibility index (Phi) is 5.30. The molecular formula is C16H15N7O5. The minimum absolute atomic E-state index is 0.0284. The zero-order valence-electron chi connectivity index (χ0n) is 14.6. The number of tetrazole rings is 1. The molecule has 144 valence electrons. The second-order valence-electron chi connectivity index (χ2n) is 5.44. The minimum Gasteiger partial charge on any atom is -0.496 e. The van der Waals surface area contributed by atoms with Gasteiger partial charge in [0.05, 0.1) is 17.6 Å². The van der Waals surface area contributed by atoms with E-state index in [0.29, 0.717) is 22.8 Å². The molecule has 0 atom stereocenters. The van der Waals surface area contributed by atoms with Crippen LogP contribution in [0.25, 0.3) is 17.4 Å². The highest BCUT2D eigenvalue weighted by molar-refractivity contribution is 5.77. The van der Waals surface area contributed by atoms with E-state index in [1.807, 2.05) is 0 Å². The van der Waals surface area contributed by atoms with Gasteiger partial charge in [0.25, 0.3) is 5.69 Å². The van der Waals surface area contributed by atoms with Crippen molar-refractivity contribution in [1.82, 2.24) is 25.5 Å². The zero-order chi connectivity index (χ0) is 20.1. The van der Waals surface area contributed by atoms with Crippen LogP contribution < -0.4 is 15.8 Å². The molecule has 0 aliphatic carbocycles. The molecule has 0 unspecified atom stereocenters. The van der Waals surface area contributed by atoms with Crippen LogP contribution in [-0.4, -0.2) is 38.1 Å². The predicted octanol–water partition coefficient (Wildman–Crippen LogP) is 1.22. The summed E-state index contributed by atoms with van der Waals surface area (Å²) in [5.41, 5.74) is 5.84. The maximum Gasteiger partial charge on any atom is 0.270 e. The SMILES string of the molecule is COc1ccc([N+](=O)[O-])cc1-c1ccc(C=CNC(=O)Cn2nnnc2N)o1. The van der Waals surface area contributed by atoms with Crippen LogP contribution in [0.4, 0.5) is 11.6 Å². The van der Waals surface area contributed by atoms with E-state index in [1.54, 1.807) is 12.1 Å². The van der Waals surface area contributed by atoms with Crippen molar-refractivity contribution in [1.29, 1.82) is 0 Å². The maximum absolute atomic E-state index is 11.8. The molecule has 12 heteroatoms. The van der Waals surface area contributed by atoms with Crippen LogP contribution in [0.15, 0.2) is 40.9 Å². The summed E-state index contributed by atoms with van der Waals surface area (Å²) in [7, 11) is 1.46. The van der Waals surface area contributed by atoms with Crippen LogP contribution in [-0.2, 0) is 11.3 Å². The number of nitrogen functional groups attached to an aromatic ring is 1. The molecule has 0 saturated heterocycles. The zero-order valence-corrected chi connectivity index (χ0v) is 14.6. The standard InChI is InChI=1S/C16H15N7O5/c1-27-13-4-2-10(23(25)26)8-12(13)14-5-3-11(28-14)6-7-18-15(24)9-22-16(17)19-20-21-22/h2-8H,9H2,1H3,(H,18,24)(H2,17,19,21). The highest BCUT2D eigenvalue weighted by atomic mass is 16.6. The summed E-state index contributed by atoms with van der Waals surface area (Å²) in [6.45, 7) is -0.141. The molecule has 2 aromatic heterocycles. The van der Waals surface area contributed by atoms with Gasteiger partial charge < -0.3 is 20.2 Å². The van der Waals surface area contributed by atoms with Gasteiger partial charge in [0, 0.05) is 18.3 Å². The molecular weight excluding hydrogens is 370 g/mol. The number of methoxy groups -OCH3 is 1. The quantitative estimate of drug-likeness (QED) is 0.449. The fraction of sp³-hybridized carbons (Fsp3) is 0.125. The van der Waals surface area contributed by atoms with Crippen molar-refractivity contribution in [2.24, 2.45) is 0 Å². The van der Waals surface area contributed by atoms with Gasteiger partial charge in [-0.2, -0.15) is 0 Å². The molecule has 1 aromatic carbocycles. The molecule has 2 heterocycles.